The van der Waals surface area contributed by atoms with E-state index in [0.29, 0.717) is 0 Å². The molecule has 1 unspecified atom stereocenters. The van der Waals surface area contributed by atoms with E-state index in [1.165, 1.54) is 0 Å². The van der Waals surface area contributed by atoms with Crippen LogP contribution in [0.3, 0.4) is 0 Å². The summed E-state index contributed by atoms with van der Waals surface area (Å²) in [6.07, 6.45) is 3.28. The highest BCUT2D eigenvalue weighted by Gasteiger charge is 2.10. The van der Waals surface area contributed by atoms with Crippen LogP contribution >= 0.6 is 0 Å². The molecule has 0 aromatic rings. The predicted octanol–water partition coefficient (Wildman–Crippen LogP) is 1.74. The SMILES string of the molecule is CCCCC(NCC)C(C)=O. The fourth-order valence-electron chi connectivity index (χ4n) is 1.10. The third-order valence-corrected chi connectivity index (χ3v) is 1.79. The van der Waals surface area contributed by atoms with Crippen molar-refractivity contribution < 1.29 is 4.79 Å². The molecule has 11 heavy (non-hydrogen) atoms. The van der Waals surface area contributed by atoms with Gasteiger partial charge in [-0.15, -0.1) is 0 Å². The van der Waals surface area contributed by atoms with Gasteiger partial charge < -0.3 is 5.32 Å². The maximum Gasteiger partial charge on any atom is 0.146 e. The first-order chi connectivity index (χ1) is 5.22. The van der Waals surface area contributed by atoms with Gasteiger partial charge in [0.2, 0.25) is 0 Å². The zero-order valence-corrected chi connectivity index (χ0v) is 7.81. The minimum absolute atomic E-state index is 0.0972. The van der Waals surface area contributed by atoms with E-state index >= 15 is 0 Å². The molecule has 0 spiro atoms. The van der Waals surface area contributed by atoms with E-state index < -0.39 is 0 Å². The molecular formula is C9H19NO. The third kappa shape index (κ3) is 4.96. The first-order valence-corrected chi connectivity index (χ1v) is 4.46. The molecule has 1 N–H and O–H groups in total. The summed E-state index contributed by atoms with van der Waals surface area (Å²) in [7, 11) is 0. The standard InChI is InChI=1S/C9H19NO/c1-4-6-7-9(8(3)11)10-5-2/h9-10H,4-7H2,1-3H3. The van der Waals surface area contributed by atoms with Gasteiger partial charge in [-0.25, -0.2) is 0 Å². The lowest BCUT2D eigenvalue weighted by atomic mass is 10.1. The zero-order chi connectivity index (χ0) is 8.69. The second-order valence-electron chi connectivity index (χ2n) is 2.86. The van der Waals surface area contributed by atoms with Crippen molar-refractivity contribution >= 4 is 5.78 Å². The molecule has 0 bridgehead atoms. The van der Waals surface area contributed by atoms with Crippen molar-refractivity contribution in [1.82, 2.24) is 5.32 Å². The van der Waals surface area contributed by atoms with Crippen LogP contribution in [0.4, 0.5) is 0 Å². The maximum atomic E-state index is 11.0. The van der Waals surface area contributed by atoms with Gasteiger partial charge in [0.05, 0.1) is 6.04 Å². The Morgan fingerprint density at radius 2 is 2.09 bits per heavy atom. The monoisotopic (exact) mass is 157 g/mol. The van der Waals surface area contributed by atoms with Gasteiger partial charge in [-0.3, -0.25) is 4.79 Å². The number of hydrogen-bond acceptors (Lipinski definition) is 2. The molecule has 0 aliphatic rings. The second-order valence-corrected chi connectivity index (χ2v) is 2.86. The highest BCUT2D eigenvalue weighted by Crippen LogP contribution is 2.00. The summed E-state index contributed by atoms with van der Waals surface area (Å²) >= 11 is 0. The van der Waals surface area contributed by atoms with Gasteiger partial charge in [0, 0.05) is 0 Å². The summed E-state index contributed by atoms with van der Waals surface area (Å²) in [5, 5.41) is 3.17. The Bertz CT molecular complexity index is 112. The molecule has 0 heterocycles. The lowest BCUT2D eigenvalue weighted by Crippen LogP contribution is -2.34. The number of hydrogen-bond donors (Lipinski definition) is 1. The first-order valence-electron chi connectivity index (χ1n) is 4.46. The molecule has 0 amide bonds. The zero-order valence-electron chi connectivity index (χ0n) is 7.81. The van der Waals surface area contributed by atoms with Crippen molar-refractivity contribution in [2.75, 3.05) is 6.54 Å². The highest BCUT2D eigenvalue weighted by atomic mass is 16.1. The molecule has 0 aromatic carbocycles. The van der Waals surface area contributed by atoms with E-state index in [1.807, 2.05) is 6.92 Å². The van der Waals surface area contributed by atoms with Crippen molar-refractivity contribution in [3.63, 3.8) is 0 Å². The average molecular weight is 157 g/mol. The summed E-state index contributed by atoms with van der Waals surface area (Å²) in [5.74, 6) is 0.264. The fraction of sp³-hybridized carbons (Fsp3) is 0.889. The topological polar surface area (TPSA) is 29.1 Å². The fourth-order valence-corrected chi connectivity index (χ4v) is 1.10. The van der Waals surface area contributed by atoms with Crippen LogP contribution in [0.2, 0.25) is 0 Å². The minimum atomic E-state index is 0.0972. The smallest absolute Gasteiger partial charge is 0.146 e. The number of nitrogens with one attached hydrogen (secondary N) is 1. The molecule has 0 fully saturated rings. The average Bonchev–Trinajstić information content (AvgIpc) is 1.97. The van der Waals surface area contributed by atoms with Gasteiger partial charge in [-0.1, -0.05) is 26.7 Å². The van der Waals surface area contributed by atoms with E-state index in [0.717, 1.165) is 25.8 Å². The van der Waals surface area contributed by atoms with E-state index in [4.69, 9.17) is 0 Å². The van der Waals surface area contributed by atoms with Gasteiger partial charge in [0.15, 0.2) is 0 Å². The molecule has 2 nitrogen and oxygen atoms in total. The molecule has 0 aliphatic carbocycles. The number of unbranched alkanes of at least 4 members (excludes halogenated alkanes) is 1. The van der Waals surface area contributed by atoms with Gasteiger partial charge in [0.1, 0.15) is 5.78 Å². The molecule has 0 rings (SSSR count). The van der Waals surface area contributed by atoms with Crippen molar-refractivity contribution in [2.24, 2.45) is 0 Å². The number of ketones is 1. The Kier molecular flexibility index (Phi) is 6.13. The van der Waals surface area contributed by atoms with Gasteiger partial charge >= 0.3 is 0 Å². The van der Waals surface area contributed by atoms with Crippen LogP contribution in [0, 0.1) is 0 Å². The van der Waals surface area contributed by atoms with E-state index in [9.17, 15) is 4.79 Å². The van der Waals surface area contributed by atoms with Crippen LogP contribution in [0.5, 0.6) is 0 Å². The summed E-state index contributed by atoms with van der Waals surface area (Å²) in [6.45, 7) is 6.71. The number of carbonyl (C=O) groups excluding carboxylic acids is 1. The van der Waals surface area contributed by atoms with Gasteiger partial charge in [0.25, 0.3) is 0 Å². The summed E-state index contributed by atoms with van der Waals surface area (Å²) < 4.78 is 0. The van der Waals surface area contributed by atoms with Crippen molar-refractivity contribution in [3.05, 3.63) is 0 Å². The molecular weight excluding hydrogens is 138 g/mol. The van der Waals surface area contributed by atoms with Gasteiger partial charge in [-0.2, -0.15) is 0 Å². The van der Waals surface area contributed by atoms with Gasteiger partial charge in [-0.05, 0) is 19.9 Å². The Balaban J connectivity index is 3.60. The Hall–Kier alpha value is -0.370. The van der Waals surface area contributed by atoms with Crippen molar-refractivity contribution in [1.29, 1.82) is 0 Å². The molecule has 0 aliphatic heterocycles. The molecule has 0 radical (unpaired) electrons. The van der Waals surface area contributed by atoms with Crippen molar-refractivity contribution in [3.8, 4) is 0 Å². The number of rotatable bonds is 6. The number of likely N-dealkylation sites (N-methyl/N-ethyl adjacent to an activating group) is 1. The maximum absolute atomic E-state index is 11.0. The Morgan fingerprint density at radius 3 is 2.45 bits per heavy atom. The Morgan fingerprint density at radius 1 is 1.45 bits per heavy atom. The van der Waals surface area contributed by atoms with Crippen LogP contribution in [0.25, 0.3) is 0 Å². The molecule has 1 atom stereocenters. The number of Topliss-reactive ketones (excluding diaryl/α,β-unsaturated/α-hetero) is 1. The third-order valence-electron chi connectivity index (χ3n) is 1.79. The van der Waals surface area contributed by atoms with Crippen LogP contribution in [-0.4, -0.2) is 18.4 Å². The molecule has 0 saturated carbocycles. The van der Waals surface area contributed by atoms with E-state index in [2.05, 4.69) is 12.2 Å². The largest absolute Gasteiger partial charge is 0.308 e. The van der Waals surface area contributed by atoms with Crippen LogP contribution in [-0.2, 0) is 4.79 Å². The quantitative estimate of drug-likeness (QED) is 0.636. The van der Waals surface area contributed by atoms with Crippen LogP contribution in [0.1, 0.15) is 40.0 Å². The molecule has 2 heteroatoms. The summed E-state index contributed by atoms with van der Waals surface area (Å²) in [6, 6.07) is 0.0972. The predicted molar refractivity (Wildman–Crippen MR) is 47.7 cm³/mol. The lowest BCUT2D eigenvalue weighted by Gasteiger charge is -2.13. The van der Waals surface area contributed by atoms with E-state index in [1.54, 1.807) is 6.92 Å². The first kappa shape index (κ1) is 10.6. The summed E-state index contributed by atoms with van der Waals surface area (Å²) in [4.78, 5) is 11.0. The van der Waals surface area contributed by atoms with Crippen molar-refractivity contribution in [2.45, 2.75) is 46.1 Å². The Labute approximate surface area is 69.4 Å². The van der Waals surface area contributed by atoms with Crippen LogP contribution < -0.4 is 5.32 Å². The number of carbonyl (C=O) groups is 1. The normalized spacial score (nSPS) is 13.0. The minimum Gasteiger partial charge on any atom is -0.308 e. The van der Waals surface area contributed by atoms with Crippen LogP contribution in [0.15, 0.2) is 0 Å². The highest BCUT2D eigenvalue weighted by molar-refractivity contribution is 5.81. The molecule has 0 saturated heterocycles. The second kappa shape index (κ2) is 6.35. The summed E-state index contributed by atoms with van der Waals surface area (Å²) in [5.41, 5.74) is 0. The molecule has 66 valence electrons. The molecule has 0 aromatic heterocycles. The lowest BCUT2D eigenvalue weighted by molar-refractivity contribution is -0.119. The van der Waals surface area contributed by atoms with E-state index in [-0.39, 0.29) is 11.8 Å².